The summed E-state index contributed by atoms with van der Waals surface area (Å²) in [5.41, 5.74) is 1.84. The van der Waals surface area contributed by atoms with Gasteiger partial charge in [-0.05, 0) is 37.3 Å². The number of hydrogen-bond acceptors (Lipinski definition) is 7. The van der Waals surface area contributed by atoms with Gasteiger partial charge in [0.05, 0.1) is 44.3 Å². The van der Waals surface area contributed by atoms with Gasteiger partial charge in [-0.3, -0.25) is 5.32 Å². The second kappa shape index (κ2) is 9.47. The summed E-state index contributed by atoms with van der Waals surface area (Å²) < 4.78 is 17.8. The highest BCUT2D eigenvalue weighted by Gasteiger charge is 2.27. The third-order valence-electron chi connectivity index (χ3n) is 5.95. The van der Waals surface area contributed by atoms with Crippen LogP contribution < -0.4 is 10.1 Å². The smallest absolute Gasteiger partial charge is 0.323 e. The van der Waals surface area contributed by atoms with E-state index in [-0.39, 0.29) is 24.1 Å². The molecule has 0 spiro atoms. The van der Waals surface area contributed by atoms with E-state index in [1.54, 1.807) is 19.1 Å². The number of fused-ring (bicyclic) bond motifs is 1. The number of carbonyl (C=O) groups is 1. The Labute approximate surface area is 180 Å². The van der Waals surface area contributed by atoms with E-state index in [4.69, 9.17) is 14.2 Å². The topological polar surface area (TPSA) is 93.2 Å². The number of carbonyl (C=O) groups excluding carboxylic acids is 1. The number of amides is 2. The zero-order valence-corrected chi connectivity index (χ0v) is 18.2. The van der Waals surface area contributed by atoms with Crippen molar-refractivity contribution in [3.8, 4) is 5.75 Å². The number of aromatic nitrogens is 1. The summed E-state index contributed by atoms with van der Waals surface area (Å²) in [5.74, 6) is 0.789. The lowest BCUT2D eigenvalue weighted by atomic mass is 9.92. The molecule has 2 heterocycles. The second-order valence-corrected chi connectivity index (χ2v) is 8.90. The molecule has 0 unspecified atom stereocenters. The number of anilines is 1. The number of aliphatic hydroxyl groups excluding tert-OH is 1. The number of methoxy groups -OCH3 is 1. The summed E-state index contributed by atoms with van der Waals surface area (Å²) in [4.78, 5) is 19.2. The molecule has 1 saturated heterocycles. The first kappa shape index (κ1) is 21.3. The molecule has 2 amide bonds. The van der Waals surface area contributed by atoms with Crippen LogP contribution in [0.4, 0.5) is 9.93 Å². The molecule has 30 heavy (non-hydrogen) atoms. The number of urea groups is 1. The molecule has 1 aromatic carbocycles. The molecule has 1 aromatic heterocycles. The molecule has 0 radical (unpaired) electrons. The lowest BCUT2D eigenvalue weighted by Crippen LogP contribution is -2.42. The average Bonchev–Trinajstić information content (AvgIpc) is 2.98. The zero-order valence-electron chi connectivity index (χ0n) is 17.4. The quantitative estimate of drug-likeness (QED) is 0.766. The minimum atomic E-state index is -0.246. The Morgan fingerprint density at radius 3 is 2.60 bits per heavy atom. The van der Waals surface area contributed by atoms with E-state index in [1.807, 2.05) is 12.1 Å². The van der Waals surface area contributed by atoms with Crippen molar-refractivity contribution in [1.29, 1.82) is 0 Å². The number of nitrogens with one attached hydrogen (secondary N) is 1. The molecule has 0 atom stereocenters. The van der Waals surface area contributed by atoms with E-state index in [2.05, 4.69) is 10.3 Å². The molecule has 2 N–H and O–H groups in total. The van der Waals surface area contributed by atoms with Crippen LogP contribution in [0.25, 0.3) is 10.2 Å². The third kappa shape index (κ3) is 4.54. The molecule has 1 saturated carbocycles. The highest BCUT2D eigenvalue weighted by Crippen LogP contribution is 2.38. The Balaban J connectivity index is 1.55. The molecule has 2 aromatic rings. The van der Waals surface area contributed by atoms with Gasteiger partial charge in [0.2, 0.25) is 0 Å². The molecular formula is C21H29N3O5S. The summed E-state index contributed by atoms with van der Waals surface area (Å²) in [6.45, 7) is 2.39. The van der Waals surface area contributed by atoms with Gasteiger partial charge in [-0.15, -0.1) is 0 Å². The van der Waals surface area contributed by atoms with Gasteiger partial charge in [0.1, 0.15) is 11.3 Å². The van der Waals surface area contributed by atoms with Gasteiger partial charge in [0.25, 0.3) is 0 Å². The van der Waals surface area contributed by atoms with Crippen LogP contribution in [0, 0.1) is 0 Å². The molecule has 164 valence electrons. The third-order valence-corrected chi connectivity index (χ3v) is 6.97. The van der Waals surface area contributed by atoms with Crippen LogP contribution in [0.5, 0.6) is 5.75 Å². The Bertz CT molecular complexity index is 873. The first-order valence-corrected chi connectivity index (χ1v) is 11.2. The summed E-state index contributed by atoms with van der Waals surface area (Å²) in [5, 5.41) is 13.2. The standard InChI is InChI=1S/C21H29N3O5S/c1-24(14-3-5-15(25)6-4-14)21(26)23-20-22-18-17(27-2)8-7-16(19(18)30-20)13-11-28-9-10-29-12-13/h7-8,13-15,25H,3-6,9-12H2,1-2H3,(H,22,23,26). The van der Waals surface area contributed by atoms with Gasteiger partial charge >= 0.3 is 6.03 Å². The number of nitrogens with zero attached hydrogens (tertiary/aromatic N) is 2. The first-order valence-electron chi connectivity index (χ1n) is 10.4. The van der Waals surface area contributed by atoms with Crippen LogP contribution in [-0.4, -0.2) is 73.8 Å². The minimum absolute atomic E-state index is 0.112. The number of thiazole rings is 1. The van der Waals surface area contributed by atoms with E-state index in [0.717, 1.165) is 41.5 Å². The fraction of sp³-hybridized carbons (Fsp3) is 0.619. The summed E-state index contributed by atoms with van der Waals surface area (Å²) >= 11 is 1.45. The predicted molar refractivity (Wildman–Crippen MR) is 116 cm³/mol. The van der Waals surface area contributed by atoms with Crippen molar-refractivity contribution in [2.45, 2.75) is 43.7 Å². The maximum atomic E-state index is 12.8. The Morgan fingerprint density at radius 1 is 1.23 bits per heavy atom. The highest BCUT2D eigenvalue weighted by atomic mass is 32.1. The lowest BCUT2D eigenvalue weighted by molar-refractivity contribution is 0.0943. The average molecular weight is 436 g/mol. The van der Waals surface area contributed by atoms with Crippen molar-refractivity contribution in [3.05, 3.63) is 17.7 Å². The maximum absolute atomic E-state index is 12.8. The Morgan fingerprint density at radius 2 is 1.93 bits per heavy atom. The molecule has 4 rings (SSSR count). The Hall–Kier alpha value is -1.94. The van der Waals surface area contributed by atoms with Crippen molar-refractivity contribution < 1.29 is 24.1 Å². The number of hydrogen-bond donors (Lipinski definition) is 2. The molecule has 1 aliphatic heterocycles. The normalized spacial score (nSPS) is 23.2. The van der Waals surface area contributed by atoms with Gasteiger partial charge in [0, 0.05) is 19.0 Å². The van der Waals surface area contributed by atoms with Gasteiger partial charge in [-0.2, -0.15) is 0 Å². The molecular weight excluding hydrogens is 406 g/mol. The number of benzene rings is 1. The summed E-state index contributed by atoms with van der Waals surface area (Å²) in [6.07, 6.45) is 2.84. The summed E-state index contributed by atoms with van der Waals surface area (Å²) in [6, 6.07) is 3.89. The number of ether oxygens (including phenoxy) is 3. The SMILES string of the molecule is COc1ccc(C2COCCOC2)c2sc(NC(=O)N(C)C3CCC(O)CC3)nc12. The van der Waals surface area contributed by atoms with Crippen LogP contribution in [-0.2, 0) is 9.47 Å². The van der Waals surface area contributed by atoms with Crippen molar-refractivity contribution in [2.24, 2.45) is 0 Å². The monoisotopic (exact) mass is 435 g/mol. The van der Waals surface area contributed by atoms with Gasteiger partial charge < -0.3 is 24.2 Å². The van der Waals surface area contributed by atoms with Crippen molar-refractivity contribution in [3.63, 3.8) is 0 Å². The van der Waals surface area contributed by atoms with Crippen molar-refractivity contribution in [2.75, 3.05) is 45.9 Å². The fourth-order valence-electron chi connectivity index (χ4n) is 4.13. The van der Waals surface area contributed by atoms with Crippen LogP contribution in [0.1, 0.15) is 37.2 Å². The van der Waals surface area contributed by atoms with Crippen LogP contribution in [0.15, 0.2) is 12.1 Å². The van der Waals surface area contributed by atoms with Crippen molar-refractivity contribution >= 4 is 32.7 Å². The van der Waals surface area contributed by atoms with Crippen LogP contribution >= 0.6 is 11.3 Å². The van der Waals surface area contributed by atoms with E-state index < -0.39 is 0 Å². The molecule has 1 aliphatic carbocycles. The van der Waals surface area contributed by atoms with E-state index in [0.29, 0.717) is 37.3 Å². The summed E-state index contributed by atoms with van der Waals surface area (Å²) in [7, 11) is 3.42. The minimum Gasteiger partial charge on any atom is -0.494 e. The zero-order chi connectivity index (χ0) is 21.1. The predicted octanol–water partition coefficient (Wildman–Crippen LogP) is 3.20. The molecule has 9 heteroatoms. The van der Waals surface area contributed by atoms with Gasteiger partial charge in [0.15, 0.2) is 5.13 Å². The molecule has 2 aliphatic rings. The molecule has 0 bridgehead atoms. The van der Waals surface area contributed by atoms with E-state index >= 15 is 0 Å². The number of aliphatic hydroxyl groups is 1. The van der Waals surface area contributed by atoms with E-state index in [9.17, 15) is 9.90 Å². The van der Waals surface area contributed by atoms with E-state index in [1.165, 1.54) is 11.3 Å². The van der Waals surface area contributed by atoms with Gasteiger partial charge in [-0.25, -0.2) is 9.78 Å². The largest absolute Gasteiger partial charge is 0.494 e. The second-order valence-electron chi connectivity index (χ2n) is 7.90. The number of rotatable bonds is 4. The van der Waals surface area contributed by atoms with Crippen LogP contribution in [0.3, 0.4) is 0 Å². The lowest BCUT2D eigenvalue weighted by Gasteiger charge is -2.32. The maximum Gasteiger partial charge on any atom is 0.323 e. The molecule has 2 fully saturated rings. The molecule has 8 nitrogen and oxygen atoms in total. The fourth-order valence-corrected chi connectivity index (χ4v) is 5.19. The highest BCUT2D eigenvalue weighted by molar-refractivity contribution is 7.22. The van der Waals surface area contributed by atoms with Crippen LogP contribution in [0.2, 0.25) is 0 Å². The van der Waals surface area contributed by atoms with Crippen molar-refractivity contribution in [1.82, 2.24) is 9.88 Å². The Kier molecular flexibility index (Phi) is 6.72. The van der Waals surface area contributed by atoms with Gasteiger partial charge in [-0.1, -0.05) is 17.4 Å². The first-order chi connectivity index (χ1) is 14.6.